The third-order valence-corrected chi connectivity index (χ3v) is 4.50. The molecular weight excluding hydrogens is 326 g/mol. The number of amides is 1. The minimum absolute atomic E-state index is 0.0236. The van der Waals surface area contributed by atoms with E-state index < -0.39 is 17.5 Å². The van der Waals surface area contributed by atoms with Crippen molar-refractivity contribution >= 4 is 23.3 Å². The molecule has 1 aliphatic rings. The van der Waals surface area contributed by atoms with Crippen LogP contribution in [0.25, 0.3) is 0 Å². The maximum atomic E-state index is 12.2. The molecule has 0 aliphatic heterocycles. The van der Waals surface area contributed by atoms with Crippen LogP contribution < -0.4 is 10.6 Å². The highest BCUT2D eigenvalue weighted by molar-refractivity contribution is 5.97. The zero-order chi connectivity index (χ0) is 18.4. The van der Waals surface area contributed by atoms with Crippen molar-refractivity contribution < 1.29 is 19.2 Å². The van der Waals surface area contributed by atoms with Crippen LogP contribution in [0.2, 0.25) is 0 Å². The van der Waals surface area contributed by atoms with Crippen LogP contribution in [0.4, 0.5) is 11.4 Å². The number of nitro benzene ring substituents is 1. The third-order valence-electron chi connectivity index (χ3n) is 4.50. The standard InChI is InChI=1S/C17H23N3O5/c1-11-5-3-4-6-14(11)19-16(21)10-25-17(22)13-9-12(20(23)24)7-8-15(13)18-2/h7-9,11,14,18H,3-6,10H2,1-2H3,(H,19,21)/t11-,14+/m0/s1. The van der Waals surface area contributed by atoms with Gasteiger partial charge in [0.25, 0.3) is 11.6 Å². The summed E-state index contributed by atoms with van der Waals surface area (Å²) in [5.74, 6) is -0.732. The van der Waals surface area contributed by atoms with Gasteiger partial charge in [-0.15, -0.1) is 0 Å². The number of carbonyl (C=O) groups is 2. The van der Waals surface area contributed by atoms with Crippen LogP contribution in [0.1, 0.15) is 43.0 Å². The van der Waals surface area contributed by atoms with Crippen molar-refractivity contribution in [2.75, 3.05) is 19.0 Å². The summed E-state index contributed by atoms with van der Waals surface area (Å²) in [5.41, 5.74) is 0.207. The van der Waals surface area contributed by atoms with Gasteiger partial charge in [0.1, 0.15) is 0 Å². The Labute approximate surface area is 146 Å². The average molecular weight is 349 g/mol. The molecule has 1 aromatic carbocycles. The largest absolute Gasteiger partial charge is 0.452 e. The van der Waals surface area contributed by atoms with E-state index in [0.717, 1.165) is 25.3 Å². The van der Waals surface area contributed by atoms with Crippen molar-refractivity contribution in [3.63, 3.8) is 0 Å². The Hall–Kier alpha value is -2.64. The van der Waals surface area contributed by atoms with E-state index in [1.165, 1.54) is 18.6 Å². The molecule has 0 bridgehead atoms. The number of anilines is 1. The lowest BCUT2D eigenvalue weighted by molar-refractivity contribution is -0.384. The Kier molecular flexibility index (Phi) is 6.32. The van der Waals surface area contributed by atoms with Gasteiger partial charge in [-0.05, 0) is 24.8 Å². The van der Waals surface area contributed by atoms with Crippen molar-refractivity contribution in [1.82, 2.24) is 5.32 Å². The molecule has 25 heavy (non-hydrogen) atoms. The molecule has 8 nitrogen and oxygen atoms in total. The van der Waals surface area contributed by atoms with E-state index in [2.05, 4.69) is 17.6 Å². The molecule has 2 N–H and O–H groups in total. The Morgan fingerprint density at radius 3 is 2.68 bits per heavy atom. The van der Waals surface area contributed by atoms with Crippen molar-refractivity contribution in [3.8, 4) is 0 Å². The number of ether oxygens (including phenoxy) is 1. The van der Waals surface area contributed by atoms with Crippen molar-refractivity contribution in [1.29, 1.82) is 0 Å². The number of nitrogens with one attached hydrogen (secondary N) is 2. The lowest BCUT2D eigenvalue weighted by atomic mass is 9.86. The second-order valence-electron chi connectivity index (χ2n) is 6.25. The van der Waals surface area contributed by atoms with E-state index in [0.29, 0.717) is 11.6 Å². The van der Waals surface area contributed by atoms with Crippen LogP contribution in [-0.4, -0.2) is 36.5 Å². The van der Waals surface area contributed by atoms with E-state index in [1.54, 1.807) is 7.05 Å². The lowest BCUT2D eigenvalue weighted by Crippen LogP contribution is -2.42. The summed E-state index contributed by atoms with van der Waals surface area (Å²) in [5, 5.41) is 16.5. The minimum atomic E-state index is -0.778. The first kappa shape index (κ1) is 18.7. The van der Waals surface area contributed by atoms with Crippen LogP contribution in [0, 0.1) is 16.0 Å². The molecule has 2 atom stereocenters. The van der Waals surface area contributed by atoms with Gasteiger partial charge in [0.05, 0.1) is 10.5 Å². The number of esters is 1. The first-order valence-corrected chi connectivity index (χ1v) is 8.35. The van der Waals surface area contributed by atoms with E-state index in [1.807, 2.05) is 0 Å². The van der Waals surface area contributed by atoms with Crippen LogP contribution in [0.15, 0.2) is 18.2 Å². The first-order chi connectivity index (χ1) is 11.9. The zero-order valence-electron chi connectivity index (χ0n) is 14.4. The molecule has 2 rings (SSSR count). The van der Waals surface area contributed by atoms with Gasteiger partial charge in [0, 0.05) is 30.9 Å². The van der Waals surface area contributed by atoms with Crippen LogP contribution in [0.5, 0.6) is 0 Å². The van der Waals surface area contributed by atoms with E-state index in [4.69, 9.17) is 4.74 Å². The smallest absolute Gasteiger partial charge is 0.341 e. The second-order valence-corrected chi connectivity index (χ2v) is 6.25. The number of nitrogens with zero attached hydrogens (tertiary/aromatic N) is 1. The van der Waals surface area contributed by atoms with Gasteiger partial charge in [-0.3, -0.25) is 14.9 Å². The minimum Gasteiger partial charge on any atom is -0.452 e. The monoisotopic (exact) mass is 349 g/mol. The van der Waals surface area contributed by atoms with E-state index in [-0.39, 0.29) is 23.2 Å². The molecular formula is C17H23N3O5. The highest BCUT2D eigenvalue weighted by atomic mass is 16.6. The number of benzene rings is 1. The van der Waals surface area contributed by atoms with Crippen molar-refractivity contribution in [2.45, 2.75) is 38.6 Å². The number of rotatable bonds is 6. The van der Waals surface area contributed by atoms with Gasteiger partial charge < -0.3 is 15.4 Å². The van der Waals surface area contributed by atoms with Gasteiger partial charge in [0.2, 0.25) is 0 Å². The summed E-state index contributed by atoms with van der Waals surface area (Å²) in [7, 11) is 1.59. The summed E-state index contributed by atoms with van der Waals surface area (Å²) < 4.78 is 5.03. The molecule has 0 unspecified atom stereocenters. The summed E-state index contributed by atoms with van der Waals surface area (Å²) in [4.78, 5) is 34.5. The molecule has 1 fully saturated rings. The molecule has 8 heteroatoms. The fourth-order valence-electron chi connectivity index (χ4n) is 3.02. The lowest BCUT2D eigenvalue weighted by Gasteiger charge is -2.29. The molecule has 136 valence electrons. The number of hydrogen-bond acceptors (Lipinski definition) is 6. The second kappa shape index (κ2) is 8.46. The Morgan fingerprint density at radius 2 is 2.04 bits per heavy atom. The van der Waals surface area contributed by atoms with E-state index in [9.17, 15) is 19.7 Å². The maximum Gasteiger partial charge on any atom is 0.341 e. The Morgan fingerprint density at radius 1 is 1.32 bits per heavy atom. The van der Waals surface area contributed by atoms with Crippen LogP contribution in [0.3, 0.4) is 0 Å². The van der Waals surface area contributed by atoms with Gasteiger partial charge >= 0.3 is 5.97 Å². The van der Waals surface area contributed by atoms with Crippen molar-refractivity contribution in [3.05, 3.63) is 33.9 Å². The predicted molar refractivity (Wildman–Crippen MR) is 92.5 cm³/mol. The maximum absolute atomic E-state index is 12.2. The highest BCUT2D eigenvalue weighted by Gasteiger charge is 2.24. The topological polar surface area (TPSA) is 111 Å². The molecule has 0 saturated heterocycles. The van der Waals surface area contributed by atoms with Crippen LogP contribution in [-0.2, 0) is 9.53 Å². The Balaban J connectivity index is 1.96. The number of carbonyl (C=O) groups excluding carboxylic acids is 2. The molecule has 1 saturated carbocycles. The Bertz CT molecular complexity index is 662. The SMILES string of the molecule is CNc1ccc([N+](=O)[O-])cc1C(=O)OCC(=O)N[C@@H]1CCCC[C@@H]1C. The molecule has 1 aliphatic carbocycles. The molecule has 0 spiro atoms. The summed E-state index contributed by atoms with van der Waals surface area (Å²) in [6, 6.07) is 3.96. The predicted octanol–water partition coefficient (Wildman–Crippen LogP) is 2.49. The molecule has 0 heterocycles. The number of nitro groups is 1. The van der Waals surface area contributed by atoms with Crippen LogP contribution >= 0.6 is 0 Å². The van der Waals surface area contributed by atoms with Gasteiger partial charge in [-0.25, -0.2) is 4.79 Å². The van der Waals surface area contributed by atoms with Crippen molar-refractivity contribution in [2.24, 2.45) is 5.92 Å². The average Bonchev–Trinajstić information content (AvgIpc) is 2.61. The molecule has 0 radical (unpaired) electrons. The third kappa shape index (κ3) is 4.91. The summed E-state index contributed by atoms with van der Waals surface area (Å²) >= 11 is 0. The summed E-state index contributed by atoms with van der Waals surface area (Å²) in [6.07, 6.45) is 4.25. The normalized spacial score (nSPS) is 19.8. The molecule has 0 aromatic heterocycles. The number of hydrogen-bond donors (Lipinski definition) is 2. The molecule has 1 aromatic rings. The zero-order valence-corrected chi connectivity index (χ0v) is 14.4. The number of non-ortho nitro benzene ring substituents is 1. The van der Waals surface area contributed by atoms with E-state index >= 15 is 0 Å². The quantitative estimate of drug-likeness (QED) is 0.464. The fourth-order valence-corrected chi connectivity index (χ4v) is 3.02. The van der Waals surface area contributed by atoms with Gasteiger partial charge in [-0.2, -0.15) is 0 Å². The highest BCUT2D eigenvalue weighted by Crippen LogP contribution is 2.24. The van der Waals surface area contributed by atoms with Gasteiger partial charge in [-0.1, -0.05) is 19.8 Å². The molecule has 1 amide bonds. The summed E-state index contributed by atoms with van der Waals surface area (Å²) in [6.45, 7) is 1.69. The van der Waals surface area contributed by atoms with Gasteiger partial charge in [0.15, 0.2) is 6.61 Å². The fraction of sp³-hybridized carbons (Fsp3) is 0.529. The first-order valence-electron chi connectivity index (χ1n) is 8.35.